The van der Waals surface area contributed by atoms with E-state index in [4.69, 9.17) is 0 Å². The molecule has 5 heteroatoms. The molecule has 0 aromatic heterocycles. The van der Waals surface area contributed by atoms with Gasteiger partial charge in [0.25, 0.3) is 0 Å². The molecule has 1 saturated carbocycles. The van der Waals surface area contributed by atoms with Gasteiger partial charge in [0.05, 0.1) is 11.3 Å². The van der Waals surface area contributed by atoms with Gasteiger partial charge in [-0.3, -0.25) is 9.59 Å². The zero-order chi connectivity index (χ0) is 14.4. The molecule has 1 heterocycles. The summed E-state index contributed by atoms with van der Waals surface area (Å²) in [5, 5.41) is 15.7. The number of rotatable bonds is 4. The number of hydrogen-bond donors (Lipinski definition) is 3. The van der Waals surface area contributed by atoms with Crippen molar-refractivity contribution in [1.82, 2.24) is 10.6 Å². The van der Waals surface area contributed by atoms with Crippen LogP contribution >= 0.6 is 0 Å². The minimum atomic E-state index is -0.749. The summed E-state index contributed by atoms with van der Waals surface area (Å²) in [6.45, 7) is 1.98. The van der Waals surface area contributed by atoms with Crippen LogP contribution in [0.2, 0.25) is 0 Å². The molecule has 0 aromatic rings. The maximum atomic E-state index is 12.1. The molecular formula is C15H26N2O3. The minimum absolute atomic E-state index is 0.000345. The number of carboxylic acid groups (broad SMARTS) is 1. The van der Waals surface area contributed by atoms with Gasteiger partial charge < -0.3 is 15.7 Å². The molecule has 1 aliphatic carbocycles. The average Bonchev–Trinajstić information content (AvgIpc) is 2.72. The second kappa shape index (κ2) is 7.07. The summed E-state index contributed by atoms with van der Waals surface area (Å²) in [4.78, 5) is 23.8. The SMILES string of the molecule is O=C(NCC1(C(=O)O)CCCCCC1)[C@@H]1CCCNC1. The van der Waals surface area contributed by atoms with Gasteiger partial charge in [0.1, 0.15) is 0 Å². The predicted octanol–water partition coefficient (Wildman–Crippen LogP) is 1.53. The lowest BCUT2D eigenvalue weighted by molar-refractivity contribution is -0.150. The van der Waals surface area contributed by atoms with Crippen LogP contribution in [0.1, 0.15) is 51.4 Å². The Kier molecular flexibility index (Phi) is 5.40. The van der Waals surface area contributed by atoms with E-state index in [0.717, 1.165) is 45.1 Å². The van der Waals surface area contributed by atoms with Crippen LogP contribution in [-0.2, 0) is 9.59 Å². The number of piperidine rings is 1. The van der Waals surface area contributed by atoms with E-state index in [2.05, 4.69) is 10.6 Å². The molecule has 0 bridgehead atoms. The van der Waals surface area contributed by atoms with E-state index in [0.29, 0.717) is 19.4 Å². The first-order valence-electron chi connectivity index (χ1n) is 7.86. The van der Waals surface area contributed by atoms with Gasteiger partial charge in [-0.25, -0.2) is 0 Å². The van der Waals surface area contributed by atoms with Crippen LogP contribution in [0.5, 0.6) is 0 Å². The van der Waals surface area contributed by atoms with Crippen molar-refractivity contribution < 1.29 is 14.7 Å². The summed E-state index contributed by atoms with van der Waals surface area (Å²) in [5.41, 5.74) is -0.742. The Hall–Kier alpha value is -1.10. The van der Waals surface area contributed by atoms with Crippen LogP contribution in [0.4, 0.5) is 0 Å². The van der Waals surface area contributed by atoms with Gasteiger partial charge in [-0.15, -0.1) is 0 Å². The van der Waals surface area contributed by atoms with Crippen molar-refractivity contribution in [3.05, 3.63) is 0 Å². The maximum Gasteiger partial charge on any atom is 0.311 e. The largest absolute Gasteiger partial charge is 0.481 e. The van der Waals surface area contributed by atoms with E-state index < -0.39 is 11.4 Å². The van der Waals surface area contributed by atoms with Crippen molar-refractivity contribution in [3.63, 3.8) is 0 Å². The van der Waals surface area contributed by atoms with Crippen molar-refractivity contribution in [2.45, 2.75) is 51.4 Å². The maximum absolute atomic E-state index is 12.1. The van der Waals surface area contributed by atoms with E-state index >= 15 is 0 Å². The lowest BCUT2D eigenvalue weighted by Crippen LogP contribution is -2.47. The zero-order valence-electron chi connectivity index (χ0n) is 12.1. The normalized spacial score (nSPS) is 26.5. The van der Waals surface area contributed by atoms with Crippen LogP contribution in [0.25, 0.3) is 0 Å². The molecule has 0 unspecified atom stereocenters. The third-order valence-electron chi connectivity index (χ3n) is 4.78. The molecule has 1 amide bonds. The van der Waals surface area contributed by atoms with Crippen LogP contribution in [-0.4, -0.2) is 36.6 Å². The van der Waals surface area contributed by atoms with E-state index in [1.54, 1.807) is 0 Å². The van der Waals surface area contributed by atoms with Gasteiger partial charge in [-0.2, -0.15) is 0 Å². The third-order valence-corrected chi connectivity index (χ3v) is 4.78. The van der Waals surface area contributed by atoms with Crippen LogP contribution < -0.4 is 10.6 Å². The predicted molar refractivity (Wildman–Crippen MR) is 76.4 cm³/mol. The number of aliphatic carboxylic acids is 1. The number of nitrogens with one attached hydrogen (secondary N) is 2. The molecule has 114 valence electrons. The van der Waals surface area contributed by atoms with Gasteiger partial charge in [0.15, 0.2) is 0 Å². The highest BCUT2D eigenvalue weighted by molar-refractivity contribution is 5.81. The standard InChI is InChI=1S/C15H26N2O3/c18-13(12-6-5-9-16-10-12)17-11-15(14(19)20)7-3-1-2-4-8-15/h12,16H,1-11H2,(H,17,18)(H,19,20)/t12-/m1/s1. The Bertz CT molecular complexity index is 343. The monoisotopic (exact) mass is 282 g/mol. The Labute approximate surface area is 120 Å². The fourth-order valence-corrected chi connectivity index (χ4v) is 3.35. The summed E-state index contributed by atoms with van der Waals surface area (Å²) in [6, 6.07) is 0. The lowest BCUT2D eigenvalue weighted by atomic mass is 9.80. The lowest BCUT2D eigenvalue weighted by Gasteiger charge is -2.30. The number of carbonyl (C=O) groups excluding carboxylic acids is 1. The molecule has 0 aromatic carbocycles. The van der Waals surface area contributed by atoms with Crippen LogP contribution in [0, 0.1) is 11.3 Å². The van der Waals surface area contributed by atoms with Gasteiger partial charge in [-0.1, -0.05) is 25.7 Å². The third kappa shape index (κ3) is 3.72. The highest BCUT2D eigenvalue weighted by Gasteiger charge is 2.39. The highest BCUT2D eigenvalue weighted by Crippen LogP contribution is 2.35. The smallest absolute Gasteiger partial charge is 0.311 e. The van der Waals surface area contributed by atoms with Crippen molar-refractivity contribution >= 4 is 11.9 Å². The topological polar surface area (TPSA) is 78.4 Å². The molecule has 1 saturated heterocycles. The molecule has 2 fully saturated rings. The Morgan fingerprint density at radius 1 is 1.15 bits per heavy atom. The first-order chi connectivity index (χ1) is 9.64. The first-order valence-corrected chi connectivity index (χ1v) is 7.86. The Morgan fingerprint density at radius 3 is 2.40 bits per heavy atom. The van der Waals surface area contributed by atoms with Crippen molar-refractivity contribution in [1.29, 1.82) is 0 Å². The first kappa shape index (κ1) is 15.3. The summed E-state index contributed by atoms with van der Waals surface area (Å²) in [6.07, 6.45) is 7.41. The summed E-state index contributed by atoms with van der Waals surface area (Å²) in [5.74, 6) is -0.732. The van der Waals surface area contributed by atoms with E-state index in [1.165, 1.54) is 0 Å². The molecule has 2 aliphatic rings. The van der Waals surface area contributed by atoms with Crippen molar-refractivity contribution in [2.24, 2.45) is 11.3 Å². The zero-order valence-corrected chi connectivity index (χ0v) is 12.1. The Morgan fingerprint density at radius 2 is 1.85 bits per heavy atom. The summed E-state index contributed by atoms with van der Waals surface area (Å²) < 4.78 is 0. The van der Waals surface area contributed by atoms with E-state index in [9.17, 15) is 14.7 Å². The molecule has 1 aliphatic heterocycles. The molecule has 2 rings (SSSR count). The molecule has 3 N–H and O–H groups in total. The summed E-state index contributed by atoms with van der Waals surface area (Å²) in [7, 11) is 0. The molecule has 1 atom stereocenters. The van der Waals surface area contributed by atoms with Gasteiger partial charge in [-0.05, 0) is 32.2 Å². The fraction of sp³-hybridized carbons (Fsp3) is 0.867. The quantitative estimate of drug-likeness (QED) is 0.683. The number of carboxylic acids is 1. The molecule has 0 spiro atoms. The summed E-state index contributed by atoms with van der Waals surface area (Å²) >= 11 is 0. The minimum Gasteiger partial charge on any atom is -0.481 e. The molecular weight excluding hydrogens is 256 g/mol. The number of hydrogen-bond acceptors (Lipinski definition) is 3. The van der Waals surface area contributed by atoms with E-state index in [1.807, 2.05) is 0 Å². The van der Waals surface area contributed by atoms with Crippen molar-refractivity contribution in [2.75, 3.05) is 19.6 Å². The van der Waals surface area contributed by atoms with E-state index in [-0.39, 0.29) is 18.4 Å². The van der Waals surface area contributed by atoms with Crippen molar-refractivity contribution in [3.8, 4) is 0 Å². The highest BCUT2D eigenvalue weighted by atomic mass is 16.4. The van der Waals surface area contributed by atoms with Gasteiger partial charge >= 0.3 is 5.97 Å². The van der Waals surface area contributed by atoms with Crippen LogP contribution in [0.15, 0.2) is 0 Å². The average molecular weight is 282 g/mol. The molecule has 20 heavy (non-hydrogen) atoms. The second-order valence-electron chi connectivity index (χ2n) is 6.26. The number of carbonyl (C=O) groups is 2. The van der Waals surface area contributed by atoms with Crippen LogP contribution in [0.3, 0.4) is 0 Å². The Balaban J connectivity index is 1.91. The fourth-order valence-electron chi connectivity index (χ4n) is 3.35. The number of amides is 1. The molecule has 5 nitrogen and oxygen atoms in total. The van der Waals surface area contributed by atoms with Gasteiger partial charge in [0.2, 0.25) is 5.91 Å². The second-order valence-corrected chi connectivity index (χ2v) is 6.26. The molecule has 0 radical (unpaired) electrons. The van der Waals surface area contributed by atoms with Gasteiger partial charge in [0, 0.05) is 13.1 Å².